The third kappa shape index (κ3) is 2.02. The minimum Gasteiger partial charge on any atom is -0.492 e. The highest BCUT2D eigenvalue weighted by Crippen LogP contribution is 2.33. The lowest BCUT2D eigenvalue weighted by atomic mass is 10.2. The molecule has 2 rings (SSSR count). The Labute approximate surface area is 93.6 Å². The molecule has 1 aliphatic heterocycles. The summed E-state index contributed by atoms with van der Waals surface area (Å²) < 4.78 is 18.4. The van der Waals surface area contributed by atoms with Gasteiger partial charge in [-0.05, 0) is 18.9 Å². The highest BCUT2D eigenvalue weighted by Gasteiger charge is 2.16. The Bertz CT molecular complexity index is 341. The van der Waals surface area contributed by atoms with Crippen LogP contribution < -0.4 is 9.64 Å². The number of hydrogen-bond acceptors (Lipinski definition) is 2. The van der Waals surface area contributed by atoms with E-state index in [0.29, 0.717) is 5.02 Å². The average Bonchev–Trinajstić information content (AvgIpc) is 2.69. The van der Waals surface area contributed by atoms with Crippen LogP contribution in [0.1, 0.15) is 12.8 Å². The van der Waals surface area contributed by atoms with E-state index < -0.39 is 5.82 Å². The summed E-state index contributed by atoms with van der Waals surface area (Å²) in [4.78, 5) is 2.13. The van der Waals surface area contributed by atoms with Crippen LogP contribution >= 0.6 is 11.6 Å². The highest BCUT2D eigenvalue weighted by atomic mass is 35.5. The third-order valence-electron chi connectivity index (χ3n) is 2.66. The van der Waals surface area contributed by atoms with E-state index in [1.54, 1.807) is 6.07 Å². The van der Waals surface area contributed by atoms with E-state index in [1.807, 2.05) is 0 Å². The fourth-order valence-electron chi connectivity index (χ4n) is 1.90. The van der Waals surface area contributed by atoms with Crippen molar-refractivity contribution in [3.63, 3.8) is 0 Å². The maximum absolute atomic E-state index is 13.5. The monoisotopic (exact) mass is 229 g/mol. The third-order valence-corrected chi connectivity index (χ3v) is 2.94. The first-order valence-electron chi connectivity index (χ1n) is 5.00. The van der Waals surface area contributed by atoms with Crippen LogP contribution in [0.25, 0.3) is 0 Å². The Morgan fingerprint density at radius 3 is 2.53 bits per heavy atom. The van der Waals surface area contributed by atoms with Gasteiger partial charge in [0, 0.05) is 24.8 Å². The Kier molecular flexibility index (Phi) is 3.00. The van der Waals surface area contributed by atoms with Crippen molar-refractivity contribution in [2.45, 2.75) is 12.8 Å². The maximum Gasteiger partial charge on any atom is 0.173 e. The molecule has 1 aliphatic rings. The standard InChI is InChI=1S/C11H13ClFNO/c1-15-11-9(12)6-8(7-10(11)13)14-4-2-3-5-14/h6-7H,2-5H2,1H3. The van der Waals surface area contributed by atoms with Gasteiger partial charge in [0.15, 0.2) is 11.6 Å². The van der Waals surface area contributed by atoms with E-state index in [-0.39, 0.29) is 5.75 Å². The second-order valence-corrected chi connectivity index (χ2v) is 4.04. The van der Waals surface area contributed by atoms with E-state index in [1.165, 1.54) is 13.2 Å². The Morgan fingerprint density at radius 2 is 2.00 bits per heavy atom. The molecule has 1 aromatic carbocycles. The van der Waals surface area contributed by atoms with E-state index in [2.05, 4.69) is 4.90 Å². The van der Waals surface area contributed by atoms with Crippen LogP contribution in [0, 0.1) is 5.82 Å². The Hall–Kier alpha value is -0.960. The lowest BCUT2D eigenvalue weighted by Crippen LogP contribution is -2.17. The molecule has 0 unspecified atom stereocenters. The first kappa shape index (κ1) is 10.6. The molecule has 0 spiro atoms. The molecule has 15 heavy (non-hydrogen) atoms. The molecule has 0 atom stereocenters. The van der Waals surface area contributed by atoms with E-state index >= 15 is 0 Å². The van der Waals surface area contributed by atoms with Crippen LogP contribution in [0.2, 0.25) is 5.02 Å². The molecule has 82 valence electrons. The number of benzene rings is 1. The number of nitrogens with zero attached hydrogens (tertiary/aromatic N) is 1. The summed E-state index contributed by atoms with van der Waals surface area (Å²) in [5, 5.41) is 0.333. The molecule has 0 bridgehead atoms. The SMILES string of the molecule is COc1c(F)cc(N2CCCC2)cc1Cl. The molecule has 2 nitrogen and oxygen atoms in total. The summed E-state index contributed by atoms with van der Waals surface area (Å²) in [6.07, 6.45) is 2.32. The van der Waals surface area contributed by atoms with Crippen LogP contribution in [-0.2, 0) is 0 Å². The molecular weight excluding hydrogens is 217 g/mol. The van der Waals surface area contributed by atoms with Crippen LogP contribution in [0.5, 0.6) is 5.75 Å². The van der Waals surface area contributed by atoms with Gasteiger partial charge in [0.1, 0.15) is 0 Å². The Morgan fingerprint density at radius 1 is 1.33 bits per heavy atom. The Balaban J connectivity index is 2.33. The second-order valence-electron chi connectivity index (χ2n) is 3.64. The van der Waals surface area contributed by atoms with Crippen molar-refractivity contribution < 1.29 is 9.13 Å². The van der Waals surface area contributed by atoms with E-state index in [4.69, 9.17) is 16.3 Å². The fraction of sp³-hybridized carbons (Fsp3) is 0.455. The fourth-order valence-corrected chi connectivity index (χ4v) is 2.18. The van der Waals surface area contributed by atoms with Crippen molar-refractivity contribution in [3.05, 3.63) is 23.0 Å². The quantitative estimate of drug-likeness (QED) is 0.773. The summed E-state index contributed by atoms with van der Waals surface area (Å²) in [5.41, 5.74) is 0.843. The summed E-state index contributed by atoms with van der Waals surface area (Å²) in [6, 6.07) is 3.24. The van der Waals surface area contributed by atoms with Gasteiger partial charge in [0.25, 0.3) is 0 Å². The van der Waals surface area contributed by atoms with Gasteiger partial charge >= 0.3 is 0 Å². The predicted octanol–water partition coefficient (Wildman–Crippen LogP) is 3.09. The minimum atomic E-state index is -0.396. The minimum absolute atomic E-state index is 0.125. The molecule has 0 aliphatic carbocycles. The normalized spacial score (nSPS) is 15.8. The van der Waals surface area contributed by atoms with Crippen molar-refractivity contribution in [2.75, 3.05) is 25.1 Å². The number of rotatable bonds is 2. The van der Waals surface area contributed by atoms with Gasteiger partial charge < -0.3 is 9.64 Å². The lowest BCUT2D eigenvalue weighted by molar-refractivity contribution is 0.387. The molecule has 1 aromatic rings. The largest absolute Gasteiger partial charge is 0.492 e. The maximum atomic E-state index is 13.5. The van der Waals surface area contributed by atoms with Crippen molar-refractivity contribution in [1.29, 1.82) is 0 Å². The van der Waals surface area contributed by atoms with Crippen LogP contribution in [0.15, 0.2) is 12.1 Å². The van der Waals surface area contributed by atoms with Crippen molar-refractivity contribution in [1.82, 2.24) is 0 Å². The summed E-state index contributed by atoms with van der Waals surface area (Å²) in [6.45, 7) is 1.95. The first-order chi connectivity index (χ1) is 7.22. The van der Waals surface area contributed by atoms with Gasteiger partial charge in [-0.1, -0.05) is 11.6 Å². The molecule has 0 saturated carbocycles. The smallest absolute Gasteiger partial charge is 0.173 e. The number of methoxy groups -OCH3 is 1. The molecular formula is C11H13ClFNO. The molecule has 0 radical (unpaired) electrons. The zero-order valence-electron chi connectivity index (χ0n) is 8.59. The average molecular weight is 230 g/mol. The zero-order chi connectivity index (χ0) is 10.8. The van der Waals surface area contributed by atoms with Crippen molar-refractivity contribution in [3.8, 4) is 5.75 Å². The zero-order valence-corrected chi connectivity index (χ0v) is 9.35. The van der Waals surface area contributed by atoms with Gasteiger partial charge in [-0.2, -0.15) is 0 Å². The molecule has 1 fully saturated rings. The summed E-state index contributed by atoms with van der Waals surface area (Å²) >= 11 is 5.92. The molecule has 0 N–H and O–H groups in total. The highest BCUT2D eigenvalue weighted by molar-refractivity contribution is 6.32. The van der Waals surface area contributed by atoms with Crippen LogP contribution in [0.4, 0.5) is 10.1 Å². The first-order valence-corrected chi connectivity index (χ1v) is 5.38. The summed E-state index contributed by atoms with van der Waals surface area (Å²) in [5.74, 6) is -0.272. The van der Waals surface area contributed by atoms with Gasteiger partial charge in [0.05, 0.1) is 12.1 Å². The molecule has 0 aromatic heterocycles. The molecule has 1 heterocycles. The van der Waals surface area contributed by atoms with E-state index in [0.717, 1.165) is 31.6 Å². The van der Waals surface area contributed by atoms with Crippen LogP contribution in [0.3, 0.4) is 0 Å². The topological polar surface area (TPSA) is 12.5 Å². The lowest BCUT2D eigenvalue weighted by Gasteiger charge is -2.18. The number of anilines is 1. The predicted molar refractivity (Wildman–Crippen MR) is 59.4 cm³/mol. The molecule has 4 heteroatoms. The van der Waals surface area contributed by atoms with Gasteiger partial charge in [-0.25, -0.2) is 4.39 Å². The molecule has 0 amide bonds. The second kappa shape index (κ2) is 4.27. The number of ether oxygens (including phenoxy) is 1. The molecule has 1 saturated heterocycles. The summed E-state index contributed by atoms with van der Waals surface area (Å²) in [7, 11) is 1.42. The van der Waals surface area contributed by atoms with Crippen molar-refractivity contribution in [2.24, 2.45) is 0 Å². The number of halogens is 2. The van der Waals surface area contributed by atoms with E-state index in [9.17, 15) is 4.39 Å². The van der Waals surface area contributed by atoms with Gasteiger partial charge in [-0.3, -0.25) is 0 Å². The van der Waals surface area contributed by atoms with Crippen molar-refractivity contribution >= 4 is 17.3 Å². The van der Waals surface area contributed by atoms with Gasteiger partial charge in [0.2, 0.25) is 0 Å². The van der Waals surface area contributed by atoms with Gasteiger partial charge in [-0.15, -0.1) is 0 Å². The number of hydrogen-bond donors (Lipinski definition) is 0. The van der Waals surface area contributed by atoms with Crippen LogP contribution in [-0.4, -0.2) is 20.2 Å².